The second-order valence-electron chi connectivity index (χ2n) is 7.93. The number of fused-ring (bicyclic) bond motifs is 1. The zero-order valence-corrected chi connectivity index (χ0v) is 13.2. The first-order valence-electron chi connectivity index (χ1n) is 7.24. The van der Waals surface area contributed by atoms with E-state index in [2.05, 4.69) is 82.6 Å². The molecule has 1 heterocycles. The second-order valence-corrected chi connectivity index (χ2v) is 7.93. The predicted molar refractivity (Wildman–Crippen MR) is 84.5 cm³/mol. The van der Waals surface area contributed by atoms with Crippen molar-refractivity contribution in [2.75, 3.05) is 0 Å². The second kappa shape index (κ2) is 4.70. The highest BCUT2D eigenvalue weighted by molar-refractivity contribution is 5.80. The lowest BCUT2D eigenvalue weighted by molar-refractivity contribution is 0.174. The Morgan fingerprint density at radius 3 is 2.16 bits per heavy atom. The molecule has 0 fully saturated rings. The molecule has 19 heavy (non-hydrogen) atoms. The zero-order valence-electron chi connectivity index (χ0n) is 13.2. The van der Waals surface area contributed by atoms with Crippen LogP contribution >= 0.6 is 0 Å². The van der Waals surface area contributed by atoms with Gasteiger partial charge in [-0.05, 0) is 34.8 Å². The van der Waals surface area contributed by atoms with E-state index in [-0.39, 0.29) is 5.41 Å². The third-order valence-electron chi connectivity index (χ3n) is 3.77. The maximum atomic E-state index is 2.47. The molecule has 0 bridgehead atoms. The average Bonchev–Trinajstić information content (AvgIpc) is 2.66. The fraction of sp³-hybridized carbons (Fsp3) is 0.556. The first-order chi connectivity index (χ1) is 8.68. The van der Waals surface area contributed by atoms with Crippen molar-refractivity contribution >= 4 is 10.9 Å². The van der Waals surface area contributed by atoms with Crippen LogP contribution in [0, 0.1) is 10.8 Å². The van der Waals surface area contributed by atoms with Gasteiger partial charge in [0.15, 0.2) is 0 Å². The van der Waals surface area contributed by atoms with E-state index >= 15 is 0 Å². The van der Waals surface area contributed by atoms with Crippen molar-refractivity contribution in [1.29, 1.82) is 0 Å². The van der Waals surface area contributed by atoms with Gasteiger partial charge in [-0.3, -0.25) is 0 Å². The zero-order chi connectivity index (χ0) is 14.3. The molecule has 0 amide bonds. The van der Waals surface area contributed by atoms with E-state index in [0.717, 1.165) is 0 Å². The van der Waals surface area contributed by atoms with Crippen molar-refractivity contribution in [1.82, 2.24) is 4.57 Å². The summed E-state index contributed by atoms with van der Waals surface area (Å²) < 4.78 is 2.47. The van der Waals surface area contributed by atoms with Crippen molar-refractivity contribution < 1.29 is 0 Å². The van der Waals surface area contributed by atoms with Gasteiger partial charge in [0.05, 0.1) is 0 Å². The Morgan fingerprint density at radius 2 is 1.58 bits per heavy atom. The molecule has 0 spiro atoms. The fourth-order valence-electron chi connectivity index (χ4n) is 2.78. The Hall–Kier alpha value is -1.24. The van der Waals surface area contributed by atoms with Crippen LogP contribution in [0.1, 0.15) is 54.0 Å². The number of nitrogens with zero attached hydrogens (tertiary/aromatic N) is 1. The summed E-state index contributed by atoms with van der Waals surface area (Å²) in [5.41, 5.74) is 1.95. The Morgan fingerprint density at radius 1 is 0.947 bits per heavy atom. The Kier molecular flexibility index (Phi) is 3.51. The van der Waals surface area contributed by atoms with E-state index < -0.39 is 0 Å². The van der Waals surface area contributed by atoms with E-state index in [1.165, 1.54) is 17.3 Å². The molecule has 1 nitrogen and oxygen atoms in total. The summed E-state index contributed by atoms with van der Waals surface area (Å²) in [5.74, 6) is 0. The van der Waals surface area contributed by atoms with Gasteiger partial charge in [0.25, 0.3) is 0 Å². The van der Waals surface area contributed by atoms with Gasteiger partial charge in [0.2, 0.25) is 0 Å². The number of benzene rings is 1. The quantitative estimate of drug-likeness (QED) is 0.653. The van der Waals surface area contributed by atoms with Crippen LogP contribution < -0.4 is 0 Å². The minimum Gasteiger partial charge on any atom is -0.344 e. The Labute approximate surface area is 117 Å². The first-order valence-corrected chi connectivity index (χ1v) is 7.24. The maximum Gasteiger partial charge on any atom is 0.0483 e. The molecule has 1 aromatic carbocycles. The van der Waals surface area contributed by atoms with Crippen molar-refractivity contribution in [3.8, 4) is 0 Å². The molecular formula is C18H27N. The Balaban J connectivity index is 2.49. The number of rotatable bonds is 2. The van der Waals surface area contributed by atoms with Crippen LogP contribution in [0.5, 0.6) is 0 Å². The number of hydrogen-bond donors (Lipinski definition) is 0. The molecule has 0 saturated carbocycles. The van der Waals surface area contributed by atoms with Gasteiger partial charge in [-0.15, -0.1) is 0 Å². The van der Waals surface area contributed by atoms with Crippen LogP contribution in [-0.4, -0.2) is 4.57 Å². The van der Waals surface area contributed by atoms with Gasteiger partial charge in [0, 0.05) is 17.8 Å². The third kappa shape index (κ3) is 3.20. The molecule has 1 heteroatoms. The van der Waals surface area contributed by atoms with Crippen LogP contribution in [0.3, 0.4) is 0 Å². The number of para-hydroxylation sites is 1. The minimum absolute atomic E-state index is 0.259. The van der Waals surface area contributed by atoms with Gasteiger partial charge < -0.3 is 4.57 Å². The average molecular weight is 257 g/mol. The maximum absolute atomic E-state index is 2.47. The number of hydrogen-bond acceptors (Lipinski definition) is 0. The first kappa shape index (κ1) is 14.2. The van der Waals surface area contributed by atoms with Crippen molar-refractivity contribution in [2.45, 2.75) is 54.0 Å². The molecule has 0 aliphatic rings. The topological polar surface area (TPSA) is 4.93 Å². The SMILES string of the molecule is CC(C)(C)CC(n1ccc2ccccc21)C(C)(C)C. The minimum atomic E-state index is 0.259. The monoisotopic (exact) mass is 257 g/mol. The van der Waals surface area contributed by atoms with E-state index in [9.17, 15) is 0 Å². The van der Waals surface area contributed by atoms with E-state index in [1.54, 1.807) is 0 Å². The van der Waals surface area contributed by atoms with Gasteiger partial charge >= 0.3 is 0 Å². The normalized spacial score (nSPS) is 14.8. The smallest absolute Gasteiger partial charge is 0.0483 e. The summed E-state index contributed by atoms with van der Waals surface area (Å²) in [4.78, 5) is 0. The van der Waals surface area contributed by atoms with Crippen LogP contribution in [0.25, 0.3) is 10.9 Å². The molecule has 0 N–H and O–H groups in total. The summed E-state index contributed by atoms with van der Waals surface area (Å²) in [6.07, 6.45) is 3.45. The molecule has 2 aromatic rings. The van der Waals surface area contributed by atoms with Gasteiger partial charge in [-0.2, -0.15) is 0 Å². The van der Waals surface area contributed by atoms with Gasteiger partial charge in [0.1, 0.15) is 0 Å². The molecule has 0 aliphatic carbocycles. The summed E-state index contributed by atoms with van der Waals surface area (Å²) in [6.45, 7) is 14.0. The molecule has 1 aromatic heterocycles. The predicted octanol–water partition coefficient (Wildman–Crippen LogP) is 5.66. The van der Waals surface area contributed by atoms with Gasteiger partial charge in [-0.25, -0.2) is 0 Å². The van der Waals surface area contributed by atoms with Crippen LogP contribution in [-0.2, 0) is 0 Å². The molecule has 104 valence electrons. The van der Waals surface area contributed by atoms with Crippen LogP contribution in [0.4, 0.5) is 0 Å². The lowest BCUT2D eigenvalue weighted by Crippen LogP contribution is -2.28. The Bertz CT molecular complexity index is 549. The standard InChI is InChI=1S/C18H27N/c1-17(2,3)13-16(18(4,5)6)19-12-11-14-9-7-8-10-15(14)19/h7-12,16H,13H2,1-6H3. The van der Waals surface area contributed by atoms with Gasteiger partial charge in [-0.1, -0.05) is 59.7 Å². The summed E-state index contributed by atoms with van der Waals surface area (Å²) in [5, 5.41) is 1.34. The largest absolute Gasteiger partial charge is 0.344 e. The lowest BCUT2D eigenvalue weighted by Gasteiger charge is -2.37. The van der Waals surface area contributed by atoms with Crippen molar-refractivity contribution in [3.05, 3.63) is 36.5 Å². The van der Waals surface area contributed by atoms with E-state index in [0.29, 0.717) is 11.5 Å². The summed E-state index contributed by atoms with van der Waals surface area (Å²) in [6, 6.07) is 11.4. The molecular weight excluding hydrogens is 230 g/mol. The molecule has 1 unspecified atom stereocenters. The highest BCUT2D eigenvalue weighted by Crippen LogP contribution is 2.41. The molecule has 2 rings (SSSR count). The fourth-order valence-corrected chi connectivity index (χ4v) is 2.78. The lowest BCUT2D eigenvalue weighted by atomic mass is 9.76. The van der Waals surface area contributed by atoms with Crippen LogP contribution in [0.2, 0.25) is 0 Å². The highest BCUT2D eigenvalue weighted by atomic mass is 15.0. The van der Waals surface area contributed by atoms with Crippen molar-refractivity contribution in [2.24, 2.45) is 10.8 Å². The summed E-state index contributed by atoms with van der Waals surface area (Å²) in [7, 11) is 0. The third-order valence-corrected chi connectivity index (χ3v) is 3.77. The van der Waals surface area contributed by atoms with E-state index in [4.69, 9.17) is 0 Å². The highest BCUT2D eigenvalue weighted by Gasteiger charge is 2.30. The molecule has 1 atom stereocenters. The molecule has 0 aliphatic heterocycles. The number of aromatic nitrogens is 1. The van der Waals surface area contributed by atoms with Crippen LogP contribution in [0.15, 0.2) is 36.5 Å². The van der Waals surface area contributed by atoms with E-state index in [1.807, 2.05) is 0 Å². The molecule has 0 radical (unpaired) electrons. The molecule has 0 saturated heterocycles. The summed E-state index contributed by atoms with van der Waals surface area (Å²) >= 11 is 0. The van der Waals surface area contributed by atoms with Crippen molar-refractivity contribution in [3.63, 3.8) is 0 Å².